The highest BCUT2D eigenvalue weighted by molar-refractivity contribution is 5.95. The quantitative estimate of drug-likeness (QED) is 0.820. The second kappa shape index (κ2) is 8.17. The molecule has 0 N–H and O–H groups in total. The minimum absolute atomic E-state index is 0.0240. The molecule has 2 aromatic rings. The van der Waals surface area contributed by atoms with Crippen LogP contribution in [0.15, 0.2) is 36.5 Å². The van der Waals surface area contributed by atoms with Crippen LogP contribution in [-0.4, -0.2) is 50.5 Å². The van der Waals surface area contributed by atoms with Crippen LogP contribution in [0.5, 0.6) is 0 Å². The van der Waals surface area contributed by atoms with Gasteiger partial charge in [-0.15, -0.1) is 0 Å². The standard InChI is InChI=1S/C22H28N4O2/c1-2-18-16-24(22(28)19-14-23-26-12-7-6-10-20(19)26)13-11-21(27)25(18)15-17-8-4-3-5-9-17/h3-5,8-9,14,18H,2,6-7,10-13,15-16H2,1H3. The van der Waals surface area contributed by atoms with Crippen molar-refractivity contribution in [2.75, 3.05) is 13.1 Å². The van der Waals surface area contributed by atoms with Crippen molar-refractivity contribution in [1.82, 2.24) is 19.6 Å². The van der Waals surface area contributed by atoms with Crippen LogP contribution in [0.1, 0.15) is 54.2 Å². The van der Waals surface area contributed by atoms with Crippen molar-refractivity contribution in [3.05, 3.63) is 53.3 Å². The van der Waals surface area contributed by atoms with Crippen molar-refractivity contribution < 1.29 is 9.59 Å². The summed E-state index contributed by atoms with van der Waals surface area (Å²) in [7, 11) is 0. The first-order valence-electron chi connectivity index (χ1n) is 10.3. The largest absolute Gasteiger partial charge is 0.336 e. The molecule has 1 fully saturated rings. The first-order valence-corrected chi connectivity index (χ1v) is 10.3. The minimum Gasteiger partial charge on any atom is -0.336 e. The average Bonchev–Trinajstić information content (AvgIpc) is 3.10. The van der Waals surface area contributed by atoms with E-state index in [9.17, 15) is 9.59 Å². The lowest BCUT2D eigenvalue weighted by Gasteiger charge is -2.31. The number of carbonyl (C=O) groups excluding carboxylic acids is 2. The lowest BCUT2D eigenvalue weighted by atomic mass is 10.1. The number of hydrogen-bond donors (Lipinski definition) is 0. The maximum absolute atomic E-state index is 13.3. The summed E-state index contributed by atoms with van der Waals surface area (Å²) in [4.78, 5) is 29.9. The number of rotatable bonds is 4. The van der Waals surface area contributed by atoms with E-state index in [0.29, 0.717) is 26.1 Å². The van der Waals surface area contributed by atoms with Gasteiger partial charge in [0.2, 0.25) is 5.91 Å². The smallest absolute Gasteiger partial charge is 0.257 e. The van der Waals surface area contributed by atoms with Crippen molar-refractivity contribution in [2.45, 2.75) is 58.2 Å². The molecule has 6 nitrogen and oxygen atoms in total. The molecule has 2 amide bonds. The summed E-state index contributed by atoms with van der Waals surface area (Å²) in [6.45, 7) is 4.64. The molecular weight excluding hydrogens is 352 g/mol. The minimum atomic E-state index is 0.0240. The third-order valence-electron chi connectivity index (χ3n) is 5.95. The van der Waals surface area contributed by atoms with E-state index < -0.39 is 0 Å². The summed E-state index contributed by atoms with van der Waals surface area (Å²) in [5, 5.41) is 4.41. The maximum Gasteiger partial charge on any atom is 0.257 e. The van der Waals surface area contributed by atoms with Gasteiger partial charge in [0, 0.05) is 38.6 Å². The van der Waals surface area contributed by atoms with Gasteiger partial charge in [0.05, 0.1) is 17.5 Å². The Bertz CT molecular complexity index is 845. The fourth-order valence-corrected chi connectivity index (χ4v) is 4.32. The van der Waals surface area contributed by atoms with Gasteiger partial charge >= 0.3 is 0 Å². The van der Waals surface area contributed by atoms with Gasteiger partial charge in [0.25, 0.3) is 5.91 Å². The molecule has 4 rings (SSSR count). The van der Waals surface area contributed by atoms with E-state index in [2.05, 4.69) is 12.0 Å². The summed E-state index contributed by atoms with van der Waals surface area (Å²) in [5.74, 6) is 0.152. The van der Waals surface area contributed by atoms with E-state index in [-0.39, 0.29) is 17.9 Å². The number of aryl methyl sites for hydroxylation is 1. The first-order chi connectivity index (χ1) is 13.7. The Labute approximate surface area is 166 Å². The lowest BCUT2D eigenvalue weighted by Crippen LogP contribution is -2.43. The topological polar surface area (TPSA) is 58.4 Å². The molecule has 3 heterocycles. The fourth-order valence-electron chi connectivity index (χ4n) is 4.32. The zero-order chi connectivity index (χ0) is 19.5. The molecule has 0 bridgehead atoms. The van der Waals surface area contributed by atoms with Crippen molar-refractivity contribution in [3.8, 4) is 0 Å². The van der Waals surface area contributed by atoms with Gasteiger partial charge in [-0.25, -0.2) is 0 Å². The van der Waals surface area contributed by atoms with Crippen molar-refractivity contribution >= 4 is 11.8 Å². The summed E-state index contributed by atoms with van der Waals surface area (Å²) in [5.41, 5.74) is 2.90. The fraction of sp³-hybridized carbons (Fsp3) is 0.500. The number of amides is 2. The molecule has 0 aliphatic carbocycles. The Morgan fingerprint density at radius 1 is 1.14 bits per heavy atom. The van der Waals surface area contributed by atoms with E-state index >= 15 is 0 Å². The highest BCUT2D eigenvalue weighted by Crippen LogP contribution is 2.23. The highest BCUT2D eigenvalue weighted by atomic mass is 16.2. The molecule has 1 atom stereocenters. The van der Waals surface area contributed by atoms with Gasteiger partial charge in [0.15, 0.2) is 0 Å². The summed E-state index contributed by atoms with van der Waals surface area (Å²) < 4.78 is 1.97. The van der Waals surface area contributed by atoms with Crippen LogP contribution in [0.2, 0.25) is 0 Å². The molecule has 0 radical (unpaired) electrons. The van der Waals surface area contributed by atoms with Crippen LogP contribution in [0.3, 0.4) is 0 Å². The van der Waals surface area contributed by atoms with Gasteiger partial charge in [-0.3, -0.25) is 14.3 Å². The van der Waals surface area contributed by atoms with Gasteiger partial charge in [-0.2, -0.15) is 5.10 Å². The van der Waals surface area contributed by atoms with Crippen LogP contribution >= 0.6 is 0 Å². The number of nitrogens with zero attached hydrogens (tertiary/aromatic N) is 4. The molecule has 28 heavy (non-hydrogen) atoms. The van der Waals surface area contributed by atoms with E-state index in [1.54, 1.807) is 6.20 Å². The molecule has 2 aliphatic heterocycles. The van der Waals surface area contributed by atoms with Crippen LogP contribution in [-0.2, 0) is 24.3 Å². The third-order valence-corrected chi connectivity index (χ3v) is 5.95. The zero-order valence-corrected chi connectivity index (χ0v) is 16.5. The van der Waals surface area contributed by atoms with Crippen LogP contribution in [0.4, 0.5) is 0 Å². The number of fused-ring (bicyclic) bond motifs is 1. The van der Waals surface area contributed by atoms with E-state index in [4.69, 9.17) is 0 Å². The van der Waals surface area contributed by atoms with Crippen LogP contribution in [0, 0.1) is 0 Å². The number of aromatic nitrogens is 2. The SMILES string of the molecule is CCC1CN(C(=O)c2cnn3c2CCCC3)CCC(=O)N1Cc1ccccc1. The van der Waals surface area contributed by atoms with Gasteiger partial charge in [0.1, 0.15) is 0 Å². The summed E-state index contributed by atoms with van der Waals surface area (Å²) in [6.07, 6.45) is 6.05. The molecule has 1 aromatic heterocycles. The normalized spacial score (nSPS) is 20.0. The summed E-state index contributed by atoms with van der Waals surface area (Å²) in [6, 6.07) is 10.1. The molecular formula is C22H28N4O2. The molecule has 2 aliphatic rings. The second-order valence-electron chi connectivity index (χ2n) is 7.76. The molecule has 0 saturated carbocycles. The second-order valence-corrected chi connectivity index (χ2v) is 7.76. The van der Waals surface area contributed by atoms with Crippen molar-refractivity contribution in [1.29, 1.82) is 0 Å². The van der Waals surface area contributed by atoms with Crippen molar-refractivity contribution in [3.63, 3.8) is 0 Å². The van der Waals surface area contributed by atoms with Crippen LogP contribution in [0.25, 0.3) is 0 Å². The highest BCUT2D eigenvalue weighted by Gasteiger charge is 2.32. The van der Waals surface area contributed by atoms with E-state index in [1.165, 1.54) is 0 Å². The Kier molecular flexibility index (Phi) is 5.46. The molecule has 6 heteroatoms. The molecule has 1 saturated heterocycles. The number of carbonyl (C=O) groups is 2. The molecule has 1 unspecified atom stereocenters. The van der Waals surface area contributed by atoms with Crippen LogP contribution < -0.4 is 0 Å². The molecule has 0 spiro atoms. The number of benzene rings is 1. The maximum atomic E-state index is 13.3. The molecule has 1 aromatic carbocycles. The van der Waals surface area contributed by atoms with Crippen molar-refractivity contribution in [2.24, 2.45) is 0 Å². The molecule has 148 valence electrons. The first kappa shape index (κ1) is 18.7. The predicted molar refractivity (Wildman–Crippen MR) is 107 cm³/mol. The van der Waals surface area contributed by atoms with Gasteiger partial charge in [-0.1, -0.05) is 37.3 Å². The Balaban J connectivity index is 1.53. The monoisotopic (exact) mass is 380 g/mol. The lowest BCUT2D eigenvalue weighted by molar-refractivity contribution is -0.133. The third kappa shape index (κ3) is 3.68. The zero-order valence-electron chi connectivity index (χ0n) is 16.5. The van der Waals surface area contributed by atoms with Gasteiger partial charge in [-0.05, 0) is 31.2 Å². The van der Waals surface area contributed by atoms with E-state index in [0.717, 1.165) is 49.0 Å². The predicted octanol–water partition coefficient (Wildman–Crippen LogP) is 2.87. The van der Waals surface area contributed by atoms with Gasteiger partial charge < -0.3 is 9.80 Å². The van der Waals surface area contributed by atoms with E-state index in [1.807, 2.05) is 44.8 Å². The number of hydrogen-bond acceptors (Lipinski definition) is 3. The average molecular weight is 380 g/mol. The Hall–Kier alpha value is -2.63. The Morgan fingerprint density at radius 2 is 1.96 bits per heavy atom. The Morgan fingerprint density at radius 3 is 2.75 bits per heavy atom. The summed E-state index contributed by atoms with van der Waals surface area (Å²) >= 11 is 0.